The molecule has 0 radical (unpaired) electrons. The summed E-state index contributed by atoms with van der Waals surface area (Å²) in [6.07, 6.45) is 1.67. The lowest BCUT2D eigenvalue weighted by molar-refractivity contribution is -0.116. The van der Waals surface area contributed by atoms with E-state index in [2.05, 4.69) is 15.5 Å². The number of benzene rings is 2. The Morgan fingerprint density at radius 3 is 2.70 bits per heavy atom. The Morgan fingerprint density at radius 2 is 1.91 bits per heavy atom. The van der Waals surface area contributed by atoms with Crippen molar-refractivity contribution in [2.45, 2.75) is 6.61 Å². The van der Waals surface area contributed by atoms with Crippen LogP contribution in [-0.2, 0) is 11.4 Å². The maximum atomic E-state index is 11.1. The highest BCUT2D eigenvalue weighted by atomic mass is 32.2. The monoisotopic (exact) mass is 325 g/mol. The van der Waals surface area contributed by atoms with Gasteiger partial charge < -0.3 is 10.1 Å². The normalized spacial score (nSPS) is 16.0. The van der Waals surface area contributed by atoms with E-state index in [0.717, 1.165) is 16.9 Å². The fourth-order valence-electron chi connectivity index (χ4n) is 1.99. The van der Waals surface area contributed by atoms with Gasteiger partial charge in [0.05, 0.1) is 12.0 Å². The van der Waals surface area contributed by atoms with Crippen LogP contribution < -0.4 is 10.1 Å². The molecule has 1 amide bonds. The van der Waals surface area contributed by atoms with Crippen LogP contribution in [0.5, 0.6) is 5.75 Å². The molecule has 23 heavy (non-hydrogen) atoms. The topological polar surface area (TPSA) is 63.0 Å². The molecule has 6 heteroatoms. The maximum absolute atomic E-state index is 11.1. The highest BCUT2D eigenvalue weighted by Gasteiger charge is 2.15. The number of carbonyl (C=O) groups excluding carboxylic acids is 1. The Morgan fingerprint density at radius 1 is 1.13 bits per heavy atom. The zero-order valence-electron chi connectivity index (χ0n) is 12.3. The van der Waals surface area contributed by atoms with Crippen LogP contribution in [0.3, 0.4) is 0 Å². The van der Waals surface area contributed by atoms with Gasteiger partial charge in [0.2, 0.25) is 5.91 Å². The number of amides is 1. The second-order valence-corrected chi connectivity index (χ2v) is 5.75. The molecule has 116 valence electrons. The zero-order chi connectivity index (χ0) is 15.9. The standard InChI is InChI=1S/C17H15N3O2S/c21-16-12-23-17(19-16)20-18-10-13-6-4-5-7-14(13)11-22-15-8-2-1-3-9-15/h1-10H,11-12H2,(H,19,20,21). The smallest absolute Gasteiger partial charge is 0.236 e. The Balaban J connectivity index is 1.67. The zero-order valence-corrected chi connectivity index (χ0v) is 13.1. The number of ether oxygens (including phenoxy) is 1. The predicted molar refractivity (Wildman–Crippen MR) is 92.8 cm³/mol. The minimum absolute atomic E-state index is 0.0411. The molecule has 0 spiro atoms. The lowest BCUT2D eigenvalue weighted by Crippen LogP contribution is -2.19. The van der Waals surface area contributed by atoms with Gasteiger partial charge in [-0.15, -0.1) is 5.10 Å². The number of hydrogen-bond donors (Lipinski definition) is 1. The third kappa shape index (κ3) is 4.43. The van der Waals surface area contributed by atoms with Crippen molar-refractivity contribution in [3.63, 3.8) is 0 Å². The Labute approximate surface area is 138 Å². The van der Waals surface area contributed by atoms with E-state index in [4.69, 9.17) is 4.74 Å². The van der Waals surface area contributed by atoms with E-state index in [9.17, 15) is 4.79 Å². The van der Waals surface area contributed by atoms with Gasteiger partial charge in [-0.3, -0.25) is 4.79 Å². The number of rotatable bonds is 5. The molecule has 0 unspecified atom stereocenters. The molecule has 1 N–H and O–H groups in total. The Kier molecular flexibility index (Phi) is 5.06. The van der Waals surface area contributed by atoms with Crippen molar-refractivity contribution < 1.29 is 9.53 Å². The van der Waals surface area contributed by atoms with E-state index in [1.54, 1.807) is 6.21 Å². The molecule has 0 aromatic heterocycles. The van der Waals surface area contributed by atoms with E-state index >= 15 is 0 Å². The van der Waals surface area contributed by atoms with Gasteiger partial charge in [-0.05, 0) is 17.7 Å². The predicted octanol–water partition coefficient (Wildman–Crippen LogP) is 2.82. The van der Waals surface area contributed by atoms with Gasteiger partial charge in [-0.25, -0.2) is 0 Å². The molecule has 3 rings (SSSR count). The van der Waals surface area contributed by atoms with Crippen molar-refractivity contribution in [1.29, 1.82) is 0 Å². The molecule has 0 aliphatic carbocycles. The van der Waals surface area contributed by atoms with Crippen LogP contribution in [0.2, 0.25) is 0 Å². The molecule has 1 saturated heterocycles. The summed E-state index contributed by atoms with van der Waals surface area (Å²) in [5, 5.41) is 11.2. The third-order valence-corrected chi connectivity index (χ3v) is 3.99. The van der Waals surface area contributed by atoms with Crippen LogP contribution in [0.25, 0.3) is 0 Å². The molecule has 0 bridgehead atoms. The quantitative estimate of drug-likeness (QED) is 0.679. The Bertz CT molecular complexity index is 745. The largest absolute Gasteiger partial charge is 0.489 e. The van der Waals surface area contributed by atoms with Crippen molar-refractivity contribution in [3.8, 4) is 5.75 Å². The highest BCUT2D eigenvalue weighted by molar-refractivity contribution is 8.15. The fourth-order valence-corrected chi connectivity index (χ4v) is 2.62. The average Bonchev–Trinajstić information content (AvgIpc) is 3.00. The SMILES string of the molecule is O=C1CSC(=NN=Cc2ccccc2COc2ccccc2)N1. The third-order valence-electron chi connectivity index (χ3n) is 3.12. The molecule has 1 fully saturated rings. The van der Waals surface area contributed by atoms with Gasteiger partial charge in [-0.2, -0.15) is 5.10 Å². The number of nitrogens with one attached hydrogen (secondary N) is 1. The van der Waals surface area contributed by atoms with Crippen LogP contribution in [0.1, 0.15) is 11.1 Å². The molecule has 2 aromatic carbocycles. The van der Waals surface area contributed by atoms with Crippen molar-refractivity contribution in [1.82, 2.24) is 5.32 Å². The summed E-state index contributed by atoms with van der Waals surface area (Å²) in [6.45, 7) is 0.453. The summed E-state index contributed by atoms with van der Waals surface area (Å²) >= 11 is 1.35. The summed E-state index contributed by atoms with van der Waals surface area (Å²) in [6, 6.07) is 17.5. The molecule has 1 aliphatic heterocycles. The van der Waals surface area contributed by atoms with Gasteiger partial charge in [0.1, 0.15) is 12.4 Å². The first-order valence-corrected chi connectivity index (χ1v) is 8.09. The molecular formula is C17H15N3O2S. The number of para-hydroxylation sites is 1. The van der Waals surface area contributed by atoms with Crippen LogP contribution in [0.4, 0.5) is 0 Å². The Hall–Kier alpha value is -2.60. The van der Waals surface area contributed by atoms with Crippen molar-refractivity contribution in [2.75, 3.05) is 5.75 Å². The van der Waals surface area contributed by atoms with Crippen LogP contribution >= 0.6 is 11.8 Å². The summed E-state index contributed by atoms with van der Waals surface area (Å²) in [7, 11) is 0. The summed E-state index contributed by atoms with van der Waals surface area (Å²) in [5.74, 6) is 1.18. The molecule has 1 aliphatic rings. The first kappa shape index (κ1) is 15.3. The van der Waals surface area contributed by atoms with Gasteiger partial charge in [-0.1, -0.05) is 54.2 Å². The minimum atomic E-state index is -0.0411. The van der Waals surface area contributed by atoms with E-state index in [1.165, 1.54) is 11.8 Å². The second-order valence-electron chi connectivity index (χ2n) is 4.79. The molecule has 1 heterocycles. The average molecular weight is 325 g/mol. The lowest BCUT2D eigenvalue weighted by Gasteiger charge is -2.08. The summed E-state index contributed by atoms with van der Waals surface area (Å²) in [4.78, 5) is 11.1. The first-order valence-electron chi connectivity index (χ1n) is 7.11. The summed E-state index contributed by atoms with van der Waals surface area (Å²) < 4.78 is 5.77. The number of carbonyl (C=O) groups is 1. The molecule has 0 atom stereocenters. The number of amidine groups is 1. The van der Waals surface area contributed by atoms with Crippen molar-refractivity contribution in [2.24, 2.45) is 10.2 Å². The van der Waals surface area contributed by atoms with Gasteiger partial charge in [0.25, 0.3) is 0 Å². The van der Waals surface area contributed by atoms with Gasteiger partial charge >= 0.3 is 0 Å². The lowest BCUT2D eigenvalue weighted by atomic mass is 10.1. The van der Waals surface area contributed by atoms with E-state index in [1.807, 2.05) is 54.6 Å². The van der Waals surface area contributed by atoms with Crippen LogP contribution in [0.15, 0.2) is 64.8 Å². The van der Waals surface area contributed by atoms with E-state index < -0.39 is 0 Å². The van der Waals surface area contributed by atoms with E-state index in [0.29, 0.717) is 17.5 Å². The van der Waals surface area contributed by atoms with Crippen LogP contribution in [-0.4, -0.2) is 23.0 Å². The van der Waals surface area contributed by atoms with Gasteiger partial charge in [0, 0.05) is 5.56 Å². The van der Waals surface area contributed by atoms with Gasteiger partial charge in [0.15, 0.2) is 5.17 Å². The molecular weight excluding hydrogens is 310 g/mol. The number of hydrogen-bond acceptors (Lipinski definition) is 5. The maximum Gasteiger partial charge on any atom is 0.236 e. The van der Waals surface area contributed by atoms with Crippen molar-refractivity contribution in [3.05, 3.63) is 65.7 Å². The highest BCUT2D eigenvalue weighted by Crippen LogP contribution is 2.14. The summed E-state index contributed by atoms with van der Waals surface area (Å²) in [5.41, 5.74) is 1.95. The van der Waals surface area contributed by atoms with Crippen molar-refractivity contribution >= 4 is 29.1 Å². The molecule has 5 nitrogen and oxygen atoms in total. The second kappa shape index (κ2) is 7.60. The fraction of sp³-hybridized carbons (Fsp3) is 0.118. The van der Waals surface area contributed by atoms with Crippen LogP contribution in [0, 0.1) is 0 Å². The number of thioether (sulfide) groups is 1. The first-order chi connectivity index (χ1) is 11.3. The van der Waals surface area contributed by atoms with E-state index in [-0.39, 0.29) is 5.91 Å². The molecule has 2 aromatic rings. The number of nitrogens with zero attached hydrogens (tertiary/aromatic N) is 2. The minimum Gasteiger partial charge on any atom is -0.489 e. The molecule has 0 saturated carbocycles.